The molecule has 3 aliphatic carbocycles. The predicted molar refractivity (Wildman–Crippen MR) is 106 cm³/mol. The Balaban J connectivity index is 1.80. The van der Waals surface area contributed by atoms with Gasteiger partial charge in [-0.3, -0.25) is 0 Å². The van der Waals surface area contributed by atoms with Gasteiger partial charge in [-0.1, -0.05) is 35.9 Å². The van der Waals surface area contributed by atoms with Gasteiger partial charge >= 0.3 is 0 Å². The van der Waals surface area contributed by atoms with Crippen LogP contribution in [0.25, 0.3) is 5.57 Å². The molecule has 0 unspecified atom stereocenters. The average Bonchev–Trinajstić information content (AvgIpc) is 2.65. The first-order chi connectivity index (χ1) is 12.5. The monoisotopic (exact) mass is 351 g/mol. The molecule has 3 nitrogen and oxygen atoms in total. The molecule has 0 aliphatic heterocycles. The lowest BCUT2D eigenvalue weighted by atomic mass is 9.53. The third-order valence-electron chi connectivity index (χ3n) is 7.21. The number of nitrogens with zero attached hydrogens (tertiary/aromatic N) is 1. The quantitative estimate of drug-likeness (QED) is 0.426. The van der Waals surface area contributed by atoms with Gasteiger partial charge in [0.05, 0.1) is 12.8 Å². The van der Waals surface area contributed by atoms with Crippen LogP contribution in [0.3, 0.4) is 0 Å². The normalized spacial score (nSPS) is 31.9. The number of fused-ring (bicyclic) bond motifs is 4. The van der Waals surface area contributed by atoms with E-state index in [1.807, 2.05) is 0 Å². The van der Waals surface area contributed by atoms with Crippen molar-refractivity contribution in [3.63, 3.8) is 0 Å². The highest BCUT2D eigenvalue weighted by molar-refractivity contribution is 5.93. The van der Waals surface area contributed by atoms with Crippen molar-refractivity contribution in [2.45, 2.75) is 52.4 Å². The number of rotatable bonds is 2. The van der Waals surface area contributed by atoms with Gasteiger partial charge in [0.1, 0.15) is 5.75 Å². The minimum absolute atomic E-state index is 0.0104. The van der Waals surface area contributed by atoms with Crippen molar-refractivity contribution in [2.24, 2.45) is 22.4 Å². The second kappa shape index (κ2) is 6.29. The van der Waals surface area contributed by atoms with Crippen LogP contribution in [-0.4, -0.2) is 18.0 Å². The summed E-state index contributed by atoms with van der Waals surface area (Å²) in [5.41, 5.74) is 8.14. The van der Waals surface area contributed by atoms with E-state index >= 15 is 0 Å². The molecule has 0 bridgehead atoms. The molecule has 26 heavy (non-hydrogen) atoms. The Labute approximate surface area is 156 Å². The van der Waals surface area contributed by atoms with Crippen LogP contribution < -0.4 is 4.74 Å². The zero-order chi connectivity index (χ0) is 18.5. The molecular weight excluding hydrogens is 322 g/mol. The van der Waals surface area contributed by atoms with Gasteiger partial charge in [-0.15, -0.1) is 0 Å². The van der Waals surface area contributed by atoms with E-state index in [9.17, 15) is 5.21 Å². The van der Waals surface area contributed by atoms with E-state index in [0.717, 1.165) is 50.0 Å². The summed E-state index contributed by atoms with van der Waals surface area (Å²) in [6.45, 7) is 8.63. The Kier molecular flexibility index (Phi) is 4.21. The van der Waals surface area contributed by atoms with Gasteiger partial charge in [-0.25, -0.2) is 0 Å². The van der Waals surface area contributed by atoms with Crippen molar-refractivity contribution in [2.75, 3.05) is 7.11 Å². The minimum atomic E-state index is -0.0104. The van der Waals surface area contributed by atoms with Crippen molar-refractivity contribution in [3.8, 4) is 5.75 Å². The van der Waals surface area contributed by atoms with E-state index < -0.39 is 0 Å². The van der Waals surface area contributed by atoms with Crippen LogP contribution in [-0.2, 0) is 6.42 Å². The molecule has 3 heteroatoms. The predicted octanol–water partition coefficient (Wildman–Crippen LogP) is 5.63. The second-order valence-electron chi connectivity index (χ2n) is 8.53. The van der Waals surface area contributed by atoms with Crippen LogP contribution in [0.1, 0.15) is 57.1 Å². The van der Waals surface area contributed by atoms with Crippen LogP contribution in [0.2, 0.25) is 0 Å². The third kappa shape index (κ3) is 2.52. The first-order valence-corrected chi connectivity index (χ1v) is 9.74. The number of hydrogen-bond donors (Lipinski definition) is 1. The molecule has 1 fully saturated rings. The first kappa shape index (κ1) is 17.4. The van der Waals surface area contributed by atoms with Gasteiger partial charge in [0, 0.05) is 5.41 Å². The Morgan fingerprint density at radius 3 is 2.81 bits per heavy atom. The summed E-state index contributed by atoms with van der Waals surface area (Å²) >= 11 is 0. The fraction of sp³-hybridized carbons (Fsp3) is 0.522. The Hall–Kier alpha value is -2.03. The van der Waals surface area contributed by atoms with E-state index in [2.05, 4.69) is 43.8 Å². The SMILES string of the molecule is C=C(C)[C@@H]1CC(=NO)[C@@]2(C)CCC3=C(CCc4cc(OC)ccc43)[C@H]2C1. The molecule has 0 radical (unpaired) electrons. The third-order valence-corrected chi connectivity index (χ3v) is 7.21. The van der Waals surface area contributed by atoms with E-state index in [1.165, 1.54) is 22.3 Å². The first-order valence-electron chi connectivity index (χ1n) is 9.74. The summed E-state index contributed by atoms with van der Waals surface area (Å²) < 4.78 is 5.42. The minimum Gasteiger partial charge on any atom is -0.497 e. The molecular formula is C23H29NO2. The van der Waals surface area contributed by atoms with E-state index in [4.69, 9.17) is 4.74 Å². The largest absolute Gasteiger partial charge is 0.497 e. The zero-order valence-electron chi connectivity index (χ0n) is 16.1. The highest BCUT2D eigenvalue weighted by Crippen LogP contribution is 2.57. The van der Waals surface area contributed by atoms with Gasteiger partial charge in [0.2, 0.25) is 0 Å². The van der Waals surface area contributed by atoms with Gasteiger partial charge in [0.25, 0.3) is 0 Å². The molecule has 0 spiro atoms. The molecule has 0 saturated heterocycles. The van der Waals surface area contributed by atoms with E-state index in [1.54, 1.807) is 12.7 Å². The molecule has 3 aliphatic rings. The number of oxime groups is 1. The highest BCUT2D eigenvalue weighted by atomic mass is 16.5. The van der Waals surface area contributed by atoms with Crippen molar-refractivity contribution >= 4 is 11.3 Å². The number of aryl methyl sites for hydroxylation is 1. The van der Waals surface area contributed by atoms with Crippen LogP contribution in [0.5, 0.6) is 5.75 Å². The van der Waals surface area contributed by atoms with Gasteiger partial charge in [-0.05, 0) is 86.1 Å². The summed E-state index contributed by atoms with van der Waals surface area (Å²) in [5, 5.41) is 13.5. The maximum Gasteiger partial charge on any atom is 0.119 e. The van der Waals surface area contributed by atoms with E-state index in [-0.39, 0.29) is 5.41 Å². The second-order valence-corrected chi connectivity index (χ2v) is 8.53. The maximum atomic E-state index is 9.73. The van der Waals surface area contributed by atoms with Crippen molar-refractivity contribution in [1.29, 1.82) is 0 Å². The lowest BCUT2D eigenvalue weighted by Crippen LogP contribution is -2.46. The number of benzene rings is 1. The van der Waals surface area contributed by atoms with Crippen LogP contribution in [0, 0.1) is 17.3 Å². The van der Waals surface area contributed by atoms with Crippen LogP contribution in [0.4, 0.5) is 0 Å². The van der Waals surface area contributed by atoms with Crippen molar-refractivity contribution in [3.05, 3.63) is 47.1 Å². The van der Waals surface area contributed by atoms with Gasteiger partial charge in [0.15, 0.2) is 0 Å². The Morgan fingerprint density at radius 2 is 2.12 bits per heavy atom. The smallest absolute Gasteiger partial charge is 0.119 e. The van der Waals surface area contributed by atoms with Gasteiger partial charge in [-0.2, -0.15) is 0 Å². The fourth-order valence-corrected chi connectivity index (χ4v) is 5.53. The zero-order valence-corrected chi connectivity index (χ0v) is 16.1. The number of hydrogen-bond acceptors (Lipinski definition) is 3. The van der Waals surface area contributed by atoms with Gasteiger partial charge < -0.3 is 9.94 Å². The molecule has 1 N–H and O–H groups in total. The lowest BCUT2D eigenvalue weighted by Gasteiger charge is -2.50. The summed E-state index contributed by atoms with van der Waals surface area (Å²) in [7, 11) is 1.73. The molecule has 3 atom stereocenters. The molecule has 1 saturated carbocycles. The average molecular weight is 351 g/mol. The van der Waals surface area contributed by atoms with Crippen LogP contribution >= 0.6 is 0 Å². The lowest BCUT2D eigenvalue weighted by molar-refractivity contribution is 0.200. The van der Waals surface area contributed by atoms with Crippen molar-refractivity contribution in [1.82, 2.24) is 0 Å². The van der Waals surface area contributed by atoms with E-state index in [0.29, 0.717) is 11.8 Å². The summed E-state index contributed by atoms with van der Waals surface area (Å²) in [6, 6.07) is 6.53. The topological polar surface area (TPSA) is 41.8 Å². The molecule has 1 aromatic rings. The number of methoxy groups -OCH3 is 1. The molecule has 4 rings (SSSR count). The maximum absolute atomic E-state index is 9.73. The van der Waals surface area contributed by atoms with Crippen LogP contribution in [0.15, 0.2) is 41.1 Å². The molecule has 0 heterocycles. The summed E-state index contributed by atoms with van der Waals surface area (Å²) in [5.74, 6) is 1.83. The standard InChI is InChI=1S/C23H29NO2/c1-14(2)16-12-21-20-7-5-15-11-17(26-4)6-8-18(15)19(20)9-10-23(21,3)22(13-16)24-25/h6,8,11,16,21,25H,1,5,7,9-10,12-13H2,2-4H3/t16-,21+,23-/m0/s1. The molecule has 0 aromatic heterocycles. The Bertz CT molecular complexity index is 819. The van der Waals surface area contributed by atoms with Crippen molar-refractivity contribution < 1.29 is 9.94 Å². The number of allylic oxidation sites excluding steroid dienone is 3. The summed E-state index contributed by atoms with van der Waals surface area (Å²) in [6.07, 6.45) is 6.30. The number of ether oxygens (including phenoxy) is 1. The molecule has 138 valence electrons. The Morgan fingerprint density at radius 1 is 1.31 bits per heavy atom. The molecule has 1 aromatic carbocycles. The summed E-state index contributed by atoms with van der Waals surface area (Å²) in [4.78, 5) is 0. The fourth-order valence-electron chi connectivity index (χ4n) is 5.53. The highest BCUT2D eigenvalue weighted by Gasteiger charge is 2.49. The molecule has 0 amide bonds.